The summed E-state index contributed by atoms with van der Waals surface area (Å²) in [6, 6.07) is 6.51. The Morgan fingerprint density at radius 2 is 2.05 bits per heavy atom. The lowest BCUT2D eigenvalue weighted by molar-refractivity contribution is 0.126. The third-order valence-corrected chi connectivity index (χ3v) is 5.82. The Balaban J connectivity index is 1.59. The standard InChI is InChI=1S/C17H24BrFN2/c1-12(14-4-5-16(19)15(18)11-14)21-9-6-13(7-10-21)17-3-2-8-20-17/h4-5,11-13,17,20H,2-3,6-10H2,1H3. The molecule has 1 aromatic carbocycles. The highest BCUT2D eigenvalue weighted by Gasteiger charge is 2.30. The third-order valence-electron chi connectivity index (χ3n) is 5.22. The molecule has 3 rings (SSSR count). The first-order valence-corrected chi connectivity index (χ1v) is 8.87. The molecule has 0 saturated carbocycles. The van der Waals surface area contributed by atoms with Crippen LogP contribution >= 0.6 is 15.9 Å². The van der Waals surface area contributed by atoms with Gasteiger partial charge < -0.3 is 5.32 Å². The van der Waals surface area contributed by atoms with Gasteiger partial charge in [-0.2, -0.15) is 0 Å². The van der Waals surface area contributed by atoms with E-state index in [2.05, 4.69) is 33.1 Å². The fourth-order valence-corrected chi connectivity index (χ4v) is 4.20. The topological polar surface area (TPSA) is 15.3 Å². The molecule has 2 saturated heterocycles. The lowest BCUT2D eigenvalue weighted by Gasteiger charge is -2.38. The van der Waals surface area contributed by atoms with Gasteiger partial charge in [0, 0.05) is 12.1 Å². The Bertz CT molecular complexity index is 480. The zero-order valence-electron chi connectivity index (χ0n) is 12.6. The average Bonchev–Trinajstić information content (AvgIpc) is 3.04. The predicted octanol–water partition coefficient (Wildman–Crippen LogP) is 4.11. The first-order chi connectivity index (χ1) is 10.1. The first kappa shape index (κ1) is 15.4. The van der Waals surface area contributed by atoms with Gasteiger partial charge in [-0.05, 0) is 91.8 Å². The summed E-state index contributed by atoms with van der Waals surface area (Å²) in [5.74, 6) is 0.660. The van der Waals surface area contributed by atoms with Crippen LogP contribution in [-0.4, -0.2) is 30.6 Å². The number of rotatable bonds is 3. The van der Waals surface area contributed by atoms with Gasteiger partial charge in [0.1, 0.15) is 5.82 Å². The van der Waals surface area contributed by atoms with Crippen molar-refractivity contribution in [1.82, 2.24) is 10.2 Å². The van der Waals surface area contributed by atoms with E-state index in [4.69, 9.17) is 0 Å². The van der Waals surface area contributed by atoms with Gasteiger partial charge in [-0.1, -0.05) is 6.07 Å². The fourth-order valence-electron chi connectivity index (χ4n) is 3.81. The molecule has 2 fully saturated rings. The molecule has 2 heterocycles. The van der Waals surface area contributed by atoms with Crippen LogP contribution in [0.3, 0.4) is 0 Å². The van der Waals surface area contributed by atoms with Crippen molar-refractivity contribution in [2.45, 2.75) is 44.7 Å². The zero-order chi connectivity index (χ0) is 14.8. The summed E-state index contributed by atoms with van der Waals surface area (Å²) >= 11 is 3.29. The van der Waals surface area contributed by atoms with Crippen LogP contribution < -0.4 is 5.32 Å². The molecule has 2 aliphatic rings. The number of halogens is 2. The summed E-state index contributed by atoms with van der Waals surface area (Å²) in [4.78, 5) is 2.53. The van der Waals surface area contributed by atoms with Crippen LogP contribution in [0.1, 0.15) is 44.2 Å². The van der Waals surface area contributed by atoms with Crippen LogP contribution in [0.25, 0.3) is 0 Å². The van der Waals surface area contributed by atoms with Gasteiger partial charge in [-0.15, -0.1) is 0 Å². The summed E-state index contributed by atoms with van der Waals surface area (Å²) in [6.07, 6.45) is 5.25. The summed E-state index contributed by atoms with van der Waals surface area (Å²) in [5.41, 5.74) is 1.20. The molecule has 1 aromatic rings. The van der Waals surface area contributed by atoms with Crippen LogP contribution in [0.4, 0.5) is 4.39 Å². The molecule has 2 unspecified atom stereocenters. The van der Waals surface area contributed by atoms with Crippen LogP contribution in [0.2, 0.25) is 0 Å². The molecule has 0 amide bonds. The van der Waals surface area contributed by atoms with Crippen molar-refractivity contribution in [2.75, 3.05) is 19.6 Å². The van der Waals surface area contributed by atoms with Crippen LogP contribution in [0.5, 0.6) is 0 Å². The summed E-state index contributed by atoms with van der Waals surface area (Å²) < 4.78 is 13.9. The molecule has 2 nitrogen and oxygen atoms in total. The number of hydrogen-bond donors (Lipinski definition) is 1. The minimum Gasteiger partial charge on any atom is -0.314 e. The van der Waals surface area contributed by atoms with E-state index < -0.39 is 0 Å². The van der Waals surface area contributed by atoms with Crippen molar-refractivity contribution in [3.63, 3.8) is 0 Å². The molecule has 2 aliphatic heterocycles. The Kier molecular flexibility index (Phi) is 4.97. The van der Waals surface area contributed by atoms with E-state index in [0.717, 1.165) is 25.0 Å². The van der Waals surface area contributed by atoms with Gasteiger partial charge >= 0.3 is 0 Å². The normalized spacial score (nSPS) is 26.1. The van der Waals surface area contributed by atoms with Gasteiger partial charge in [0.05, 0.1) is 4.47 Å². The van der Waals surface area contributed by atoms with E-state index in [9.17, 15) is 4.39 Å². The van der Waals surface area contributed by atoms with Crippen molar-refractivity contribution >= 4 is 15.9 Å². The molecular weight excluding hydrogens is 331 g/mol. The minimum absolute atomic E-state index is 0.183. The van der Waals surface area contributed by atoms with Crippen molar-refractivity contribution in [1.29, 1.82) is 0 Å². The van der Waals surface area contributed by atoms with Crippen LogP contribution in [0, 0.1) is 11.7 Å². The summed E-state index contributed by atoms with van der Waals surface area (Å²) in [5, 5.41) is 3.65. The molecule has 0 spiro atoms. The van der Waals surface area contributed by atoms with Crippen LogP contribution in [0.15, 0.2) is 22.7 Å². The predicted molar refractivity (Wildman–Crippen MR) is 87.8 cm³/mol. The Morgan fingerprint density at radius 1 is 1.29 bits per heavy atom. The van der Waals surface area contributed by atoms with Crippen molar-refractivity contribution in [3.05, 3.63) is 34.1 Å². The first-order valence-electron chi connectivity index (χ1n) is 8.07. The summed E-state index contributed by atoms with van der Waals surface area (Å²) in [6.45, 7) is 5.73. The van der Waals surface area contributed by atoms with Crippen molar-refractivity contribution < 1.29 is 4.39 Å². The quantitative estimate of drug-likeness (QED) is 0.878. The van der Waals surface area contributed by atoms with E-state index in [1.165, 1.54) is 37.8 Å². The second kappa shape index (κ2) is 6.76. The SMILES string of the molecule is CC(c1ccc(F)c(Br)c1)N1CCC(C2CCCN2)CC1. The Hall–Kier alpha value is -0.450. The Labute approximate surface area is 135 Å². The number of nitrogens with one attached hydrogen (secondary N) is 1. The molecule has 2 atom stereocenters. The van der Waals surface area contributed by atoms with Crippen molar-refractivity contribution in [2.24, 2.45) is 5.92 Å². The monoisotopic (exact) mass is 354 g/mol. The van der Waals surface area contributed by atoms with E-state index in [1.54, 1.807) is 6.07 Å². The molecule has 0 bridgehead atoms. The van der Waals surface area contributed by atoms with E-state index in [0.29, 0.717) is 10.5 Å². The lowest BCUT2D eigenvalue weighted by atomic mass is 9.87. The molecule has 0 radical (unpaired) electrons. The molecule has 0 aromatic heterocycles. The number of piperidine rings is 1. The van der Waals surface area contributed by atoms with E-state index in [1.807, 2.05) is 12.1 Å². The molecule has 4 heteroatoms. The van der Waals surface area contributed by atoms with Crippen LogP contribution in [-0.2, 0) is 0 Å². The smallest absolute Gasteiger partial charge is 0.137 e. The number of likely N-dealkylation sites (tertiary alicyclic amines) is 1. The fraction of sp³-hybridized carbons (Fsp3) is 0.647. The highest BCUT2D eigenvalue weighted by atomic mass is 79.9. The van der Waals surface area contributed by atoms with Gasteiger partial charge in [0.2, 0.25) is 0 Å². The van der Waals surface area contributed by atoms with Gasteiger partial charge in [-0.3, -0.25) is 4.90 Å². The maximum atomic E-state index is 13.4. The minimum atomic E-state index is -0.183. The molecule has 21 heavy (non-hydrogen) atoms. The average molecular weight is 355 g/mol. The number of hydrogen-bond acceptors (Lipinski definition) is 2. The largest absolute Gasteiger partial charge is 0.314 e. The van der Waals surface area contributed by atoms with E-state index in [-0.39, 0.29) is 5.82 Å². The highest BCUT2D eigenvalue weighted by Crippen LogP contribution is 2.31. The second-order valence-corrected chi connectivity index (χ2v) is 7.28. The number of nitrogens with zero attached hydrogens (tertiary/aromatic N) is 1. The third kappa shape index (κ3) is 3.49. The maximum absolute atomic E-state index is 13.4. The lowest BCUT2D eigenvalue weighted by Crippen LogP contribution is -2.41. The maximum Gasteiger partial charge on any atom is 0.137 e. The Morgan fingerprint density at radius 3 is 2.67 bits per heavy atom. The highest BCUT2D eigenvalue weighted by molar-refractivity contribution is 9.10. The van der Waals surface area contributed by atoms with E-state index >= 15 is 0 Å². The molecule has 0 aliphatic carbocycles. The second-order valence-electron chi connectivity index (χ2n) is 6.43. The van der Waals surface area contributed by atoms with Gasteiger partial charge in [-0.25, -0.2) is 4.39 Å². The molecular formula is C17H24BrFN2. The van der Waals surface area contributed by atoms with Gasteiger partial charge in [0.25, 0.3) is 0 Å². The zero-order valence-corrected chi connectivity index (χ0v) is 14.2. The molecule has 116 valence electrons. The molecule has 1 N–H and O–H groups in total. The van der Waals surface area contributed by atoms with Gasteiger partial charge in [0.15, 0.2) is 0 Å². The number of benzene rings is 1. The van der Waals surface area contributed by atoms with Crippen molar-refractivity contribution in [3.8, 4) is 0 Å². The summed E-state index contributed by atoms with van der Waals surface area (Å²) in [7, 11) is 0.